The van der Waals surface area contributed by atoms with Gasteiger partial charge in [0, 0.05) is 17.3 Å². The fourth-order valence-corrected chi connectivity index (χ4v) is 4.23. The van der Waals surface area contributed by atoms with Gasteiger partial charge in [0.25, 0.3) is 5.91 Å². The Kier molecular flexibility index (Phi) is 8.20. The lowest BCUT2D eigenvalue weighted by Gasteiger charge is -2.21. The third-order valence-electron chi connectivity index (χ3n) is 5.95. The van der Waals surface area contributed by atoms with Crippen LogP contribution < -0.4 is 10.2 Å². The van der Waals surface area contributed by atoms with Gasteiger partial charge in [0.2, 0.25) is 5.91 Å². The number of imide groups is 1. The first-order valence-electron chi connectivity index (χ1n) is 11.9. The molecule has 0 saturated carbocycles. The normalized spacial score (nSPS) is 15.1. The second-order valence-corrected chi connectivity index (χ2v) is 8.86. The summed E-state index contributed by atoms with van der Waals surface area (Å²) in [6.07, 6.45) is 0.310. The molecule has 4 amide bonds. The minimum Gasteiger partial charge on any atom is -0.462 e. The van der Waals surface area contributed by atoms with Crippen molar-refractivity contribution in [3.05, 3.63) is 95.0 Å². The van der Waals surface area contributed by atoms with Crippen LogP contribution in [0.3, 0.4) is 0 Å². The number of esters is 1. The van der Waals surface area contributed by atoms with Crippen LogP contribution in [-0.2, 0) is 20.7 Å². The Hall–Kier alpha value is -4.17. The van der Waals surface area contributed by atoms with Crippen LogP contribution >= 0.6 is 11.6 Å². The lowest BCUT2D eigenvalue weighted by molar-refractivity contribution is -0.124. The molecule has 0 unspecified atom stereocenters. The molecule has 3 aromatic carbocycles. The number of carbonyl (C=O) groups excluding carboxylic acids is 4. The topological polar surface area (TPSA) is 96.0 Å². The molecule has 9 heteroatoms. The first-order chi connectivity index (χ1) is 17.9. The quantitative estimate of drug-likeness (QED) is 0.319. The number of hydrogen-bond acceptors (Lipinski definition) is 5. The summed E-state index contributed by atoms with van der Waals surface area (Å²) in [5.41, 5.74) is 2.22. The highest BCUT2D eigenvalue weighted by molar-refractivity contribution is 6.30. The summed E-state index contributed by atoms with van der Waals surface area (Å²) < 4.78 is 4.97. The molecule has 1 atom stereocenters. The van der Waals surface area contributed by atoms with Gasteiger partial charge in [0.1, 0.15) is 6.04 Å². The molecule has 8 nitrogen and oxygen atoms in total. The number of nitrogens with one attached hydrogen (secondary N) is 1. The van der Waals surface area contributed by atoms with Gasteiger partial charge in [-0.25, -0.2) is 14.5 Å². The maximum absolute atomic E-state index is 13.4. The van der Waals surface area contributed by atoms with E-state index in [2.05, 4.69) is 5.32 Å². The van der Waals surface area contributed by atoms with Gasteiger partial charge in [-0.3, -0.25) is 9.59 Å². The summed E-state index contributed by atoms with van der Waals surface area (Å²) in [5, 5.41) is 3.22. The molecule has 1 fully saturated rings. The summed E-state index contributed by atoms with van der Waals surface area (Å²) in [6.45, 7) is 2.25. The molecular formula is C28H26ClN3O5. The zero-order valence-corrected chi connectivity index (χ0v) is 21.0. The van der Waals surface area contributed by atoms with Gasteiger partial charge < -0.3 is 15.0 Å². The van der Waals surface area contributed by atoms with Crippen LogP contribution in [0.1, 0.15) is 29.3 Å². The van der Waals surface area contributed by atoms with Crippen LogP contribution in [0.15, 0.2) is 78.9 Å². The third-order valence-corrected chi connectivity index (χ3v) is 6.20. The van der Waals surface area contributed by atoms with E-state index in [1.165, 1.54) is 4.90 Å². The van der Waals surface area contributed by atoms with Crippen LogP contribution in [0.4, 0.5) is 16.2 Å². The predicted molar refractivity (Wildman–Crippen MR) is 141 cm³/mol. The molecule has 0 radical (unpaired) electrons. The Labute approximate surface area is 219 Å². The second kappa shape index (κ2) is 11.7. The van der Waals surface area contributed by atoms with Crippen molar-refractivity contribution in [3.63, 3.8) is 0 Å². The van der Waals surface area contributed by atoms with Crippen LogP contribution in [0.5, 0.6) is 0 Å². The zero-order valence-electron chi connectivity index (χ0n) is 20.2. The molecule has 1 aliphatic rings. The number of rotatable bonds is 9. The van der Waals surface area contributed by atoms with Crippen molar-refractivity contribution >= 4 is 46.8 Å². The number of benzene rings is 3. The molecule has 0 aromatic heterocycles. The summed E-state index contributed by atoms with van der Waals surface area (Å²) in [4.78, 5) is 54.0. The molecule has 4 rings (SSSR count). The molecule has 1 saturated heterocycles. The van der Waals surface area contributed by atoms with E-state index in [-0.39, 0.29) is 19.6 Å². The SMILES string of the molecule is CCOC(=O)c1ccc(NC(=O)C[C@@H]2C(=O)N(c3ccc(Cl)cc3)C(=O)N2CCc2ccccc2)cc1. The van der Waals surface area contributed by atoms with Gasteiger partial charge in [-0.15, -0.1) is 0 Å². The highest BCUT2D eigenvalue weighted by Gasteiger charge is 2.46. The Bertz CT molecular complexity index is 1280. The number of urea groups is 1. The fraction of sp³-hybridized carbons (Fsp3) is 0.214. The van der Waals surface area contributed by atoms with Crippen LogP contribution in [0.2, 0.25) is 5.02 Å². The average Bonchev–Trinajstić information content (AvgIpc) is 3.12. The number of anilines is 2. The Morgan fingerprint density at radius 1 is 0.946 bits per heavy atom. The summed E-state index contributed by atoms with van der Waals surface area (Å²) in [7, 11) is 0. The lowest BCUT2D eigenvalue weighted by Crippen LogP contribution is -2.39. The van der Waals surface area contributed by atoms with Crippen molar-refractivity contribution < 1.29 is 23.9 Å². The average molecular weight is 520 g/mol. The number of amides is 4. The molecule has 0 spiro atoms. The van der Waals surface area contributed by atoms with Crippen molar-refractivity contribution in [2.24, 2.45) is 0 Å². The van der Waals surface area contributed by atoms with Crippen molar-refractivity contribution in [2.75, 3.05) is 23.4 Å². The van der Waals surface area contributed by atoms with E-state index in [0.29, 0.717) is 28.4 Å². The first kappa shape index (κ1) is 25.9. The number of nitrogens with zero attached hydrogens (tertiary/aromatic N) is 2. The number of ether oxygens (including phenoxy) is 1. The molecule has 0 aliphatic carbocycles. The van der Waals surface area contributed by atoms with E-state index in [9.17, 15) is 19.2 Å². The zero-order chi connectivity index (χ0) is 26.4. The lowest BCUT2D eigenvalue weighted by atomic mass is 10.1. The van der Waals surface area contributed by atoms with Crippen molar-refractivity contribution in [1.29, 1.82) is 0 Å². The van der Waals surface area contributed by atoms with E-state index < -0.39 is 29.9 Å². The number of carbonyl (C=O) groups is 4. The summed E-state index contributed by atoms with van der Waals surface area (Å²) in [6, 6.07) is 20.8. The molecule has 37 heavy (non-hydrogen) atoms. The first-order valence-corrected chi connectivity index (χ1v) is 12.3. The van der Waals surface area contributed by atoms with E-state index in [1.807, 2.05) is 30.3 Å². The fourth-order valence-electron chi connectivity index (χ4n) is 4.10. The highest BCUT2D eigenvalue weighted by atomic mass is 35.5. The van der Waals surface area contributed by atoms with Crippen molar-refractivity contribution in [3.8, 4) is 0 Å². The second-order valence-electron chi connectivity index (χ2n) is 8.43. The largest absolute Gasteiger partial charge is 0.462 e. The van der Waals surface area contributed by atoms with Gasteiger partial charge in [0.05, 0.1) is 24.3 Å². The molecule has 3 aromatic rings. The van der Waals surface area contributed by atoms with Gasteiger partial charge in [-0.1, -0.05) is 41.9 Å². The van der Waals surface area contributed by atoms with Crippen molar-refractivity contribution in [1.82, 2.24) is 4.90 Å². The summed E-state index contributed by atoms with van der Waals surface area (Å²) in [5.74, 6) is -1.36. The smallest absolute Gasteiger partial charge is 0.338 e. The minimum atomic E-state index is -0.967. The molecule has 0 bridgehead atoms. The van der Waals surface area contributed by atoms with Crippen LogP contribution in [0, 0.1) is 0 Å². The minimum absolute atomic E-state index is 0.219. The Morgan fingerprint density at radius 2 is 1.62 bits per heavy atom. The van der Waals surface area contributed by atoms with E-state index in [4.69, 9.17) is 16.3 Å². The van der Waals surface area contributed by atoms with Gasteiger partial charge in [-0.2, -0.15) is 0 Å². The Balaban J connectivity index is 1.50. The van der Waals surface area contributed by atoms with Crippen molar-refractivity contribution in [2.45, 2.75) is 25.8 Å². The van der Waals surface area contributed by atoms with E-state index in [0.717, 1.165) is 10.5 Å². The maximum atomic E-state index is 13.4. The molecule has 1 aliphatic heterocycles. The van der Waals surface area contributed by atoms with Crippen LogP contribution in [0.25, 0.3) is 0 Å². The van der Waals surface area contributed by atoms with Gasteiger partial charge in [0.15, 0.2) is 0 Å². The van der Waals surface area contributed by atoms with Crippen LogP contribution in [-0.4, -0.2) is 47.9 Å². The molecule has 190 valence electrons. The van der Waals surface area contributed by atoms with E-state index in [1.54, 1.807) is 55.5 Å². The van der Waals surface area contributed by atoms with Gasteiger partial charge in [-0.05, 0) is 67.4 Å². The van der Waals surface area contributed by atoms with E-state index >= 15 is 0 Å². The molecule has 1 N–H and O–H groups in total. The number of hydrogen-bond donors (Lipinski definition) is 1. The standard InChI is InChI=1S/C28H26ClN3O5/c1-2-37-27(35)20-8-12-22(13-9-20)30-25(33)18-24-26(34)32(23-14-10-21(29)11-15-23)28(36)31(24)17-16-19-6-4-3-5-7-19/h3-15,24H,2,16-18H2,1H3,(H,30,33)/t24-/m1/s1. The third kappa shape index (κ3) is 6.16. The monoisotopic (exact) mass is 519 g/mol. The maximum Gasteiger partial charge on any atom is 0.338 e. The Morgan fingerprint density at radius 3 is 2.27 bits per heavy atom. The van der Waals surface area contributed by atoms with Gasteiger partial charge >= 0.3 is 12.0 Å². The predicted octanol–water partition coefficient (Wildman–Crippen LogP) is 4.93. The number of halogens is 1. The summed E-state index contributed by atoms with van der Waals surface area (Å²) >= 11 is 5.98. The molecular weight excluding hydrogens is 494 g/mol. The molecule has 1 heterocycles. The highest BCUT2D eigenvalue weighted by Crippen LogP contribution is 2.28.